The van der Waals surface area contributed by atoms with E-state index in [9.17, 15) is 13.2 Å². The zero-order chi connectivity index (χ0) is 15.7. The second-order valence-electron chi connectivity index (χ2n) is 5.29. The first-order chi connectivity index (χ1) is 10.5. The second-order valence-corrected chi connectivity index (χ2v) is 6.97. The Morgan fingerprint density at radius 2 is 1.95 bits per heavy atom. The minimum Gasteiger partial charge on any atom is -0.266 e. The Bertz CT molecular complexity index is 826. The van der Waals surface area contributed by atoms with Gasteiger partial charge in [0.25, 0.3) is 15.9 Å². The van der Waals surface area contributed by atoms with Gasteiger partial charge in [0.15, 0.2) is 5.69 Å². The molecule has 8 heteroatoms. The molecule has 0 saturated heterocycles. The van der Waals surface area contributed by atoms with Gasteiger partial charge < -0.3 is 0 Å². The Morgan fingerprint density at radius 1 is 1.23 bits per heavy atom. The molecule has 2 aromatic rings. The molecule has 116 valence electrons. The van der Waals surface area contributed by atoms with Gasteiger partial charge >= 0.3 is 0 Å². The smallest absolute Gasteiger partial charge is 0.266 e. The van der Waals surface area contributed by atoms with Gasteiger partial charge in [-0.1, -0.05) is 6.07 Å². The topological polar surface area (TPSA) is 94.0 Å². The fraction of sp³-hybridized carbons (Fsp3) is 0.357. The lowest BCUT2D eigenvalue weighted by molar-refractivity contribution is 0.0976. The van der Waals surface area contributed by atoms with Crippen molar-refractivity contribution in [1.29, 1.82) is 0 Å². The summed E-state index contributed by atoms with van der Waals surface area (Å²) in [5.74, 6) is -0.786. The van der Waals surface area contributed by atoms with Crippen molar-refractivity contribution in [1.82, 2.24) is 19.7 Å². The first kappa shape index (κ1) is 14.7. The van der Waals surface area contributed by atoms with Crippen LogP contribution in [0.5, 0.6) is 0 Å². The van der Waals surface area contributed by atoms with Gasteiger partial charge in [0, 0.05) is 7.05 Å². The molecule has 1 aromatic carbocycles. The number of hydrogen-bond acceptors (Lipinski definition) is 5. The molecule has 1 N–H and O–H groups in total. The molecule has 1 heterocycles. The number of fused-ring (bicyclic) bond motifs is 1. The van der Waals surface area contributed by atoms with E-state index in [0.717, 1.165) is 31.2 Å². The number of nitrogens with zero attached hydrogens (tertiary/aromatic N) is 3. The van der Waals surface area contributed by atoms with Gasteiger partial charge in [-0.05, 0) is 48.9 Å². The molecule has 0 spiro atoms. The van der Waals surface area contributed by atoms with Crippen LogP contribution in [0.1, 0.15) is 34.5 Å². The Kier molecular flexibility index (Phi) is 3.69. The summed E-state index contributed by atoms with van der Waals surface area (Å²) in [6.07, 6.45) is 5.25. The molecule has 0 bridgehead atoms. The molecule has 1 aliphatic carbocycles. The summed E-state index contributed by atoms with van der Waals surface area (Å²) in [5.41, 5.74) is 2.19. The predicted molar refractivity (Wildman–Crippen MR) is 78.7 cm³/mol. The average Bonchev–Trinajstić information content (AvgIpc) is 2.93. The number of sulfonamides is 1. The quantitative estimate of drug-likeness (QED) is 0.903. The predicted octanol–water partition coefficient (Wildman–Crippen LogP) is 0.813. The number of amides is 1. The van der Waals surface area contributed by atoms with Gasteiger partial charge in [-0.2, -0.15) is 9.90 Å². The Hall–Kier alpha value is -2.22. The Labute approximate surface area is 128 Å². The van der Waals surface area contributed by atoms with Crippen molar-refractivity contribution in [2.45, 2.75) is 30.6 Å². The van der Waals surface area contributed by atoms with Crippen LogP contribution < -0.4 is 4.72 Å². The summed E-state index contributed by atoms with van der Waals surface area (Å²) in [6, 6.07) is 5.02. The molecule has 0 unspecified atom stereocenters. The normalized spacial score (nSPS) is 14.4. The maximum absolute atomic E-state index is 12.3. The van der Waals surface area contributed by atoms with E-state index < -0.39 is 15.9 Å². The summed E-state index contributed by atoms with van der Waals surface area (Å²) >= 11 is 0. The highest BCUT2D eigenvalue weighted by atomic mass is 32.2. The number of carbonyl (C=O) groups excluding carboxylic acids is 1. The van der Waals surface area contributed by atoms with Gasteiger partial charge in [-0.15, -0.1) is 5.10 Å². The lowest BCUT2D eigenvalue weighted by Gasteiger charge is -2.16. The second kappa shape index (κ2) is 5.53. The minimum absolute atomic E-state index is 0.0379. The van der Waals surface area contributed by atoms with E-state index in [0.29, 0.717) is 0 Å². The number of aromatic nitrogens is 3. The maximum atomic E-state index is 12.3. The van der Waals surface area contributed by atoms with Gasteiger partial charge in [-0.25, -0.2) is 13.1 Å². The molecular weight excluding hydrogens is 304 g/mol. The molecule has 3 rings (SSSR count). The molecule has 1 aromatic heterocycles. The number of hydrogen-bond donors (Lipinski definition) is 1. The van der Waals surface area contributed by atoms with E-state index in [-0.39, 0.29) is 10.6 Å². The van der Waals surface area contributed by atoms with Crippen LogP contribution in [0.15, 0.2) is 29.3 Å². The number of nitrogens with one attached hydrogen (secondary N) is 1. The zero-order valence-corrected chi connectivity index (χ0v) is 12.9. The molecule has 1 aliphatic rings. The van der Waals surface area contributed by atoms with Crippen molar-refractivity contribution in [2.24, 2.45) is 7.05 Å². The molecule has 0 saturated carbocycles. The molecule has 0 atom stereocenters. The Balaban J connectivity index is 1.85. The van der Waals surface area contributed by atoms with Crippen LogP contribution in [0.25, 0.3) is 0 Å². The summed E-state index contributed by atoms with van der Waals surface area (Å²) in [4.78, 5) is 13.2. The minimum atomic E-state index is -3.91. The molecule has 1 amide bonds. The van der Waals surface area contributed by atoms with E-state index in [1.807, 2.05) is 10.8 Å². The van der Waals surface area contributed by atoms with E-state index in [2.05, 4.69) is 10.2 Å². The van der Waals surface area contributed by atoms with E-state index in [4.69, 9.17) is 0 Å². The summed E-state index contributed by atoms with van der Waals surface area (Å²) in [5, 5.41) is 7.54. The van der Waals surface area contributed by atoms with Crippen LogP contribution >= 0.6 is 0 Å². The standard InChI is InChI=1S/C14H16N4O3S/c1-18-15-9-13(16-18)14(19)17-22(20,21)12-7-6-10-4-2-3-5-11(10)8-12/h6-9H,2-5H2,1H3,(H,17,19). The van der Waals surface area contributed by atoms with E-state index >= 15 is 0 Å². The fourth-order valence-corrected chi connectivity index (χ4v) is 3.57. The zero-order valence-electron chi connectivity index (χ0n) is 12.1. The lowest BCUT2D eigenvalue weighted by atomic mass is 9.92. The van der Waals surface area contributed by atoms with Crippen LogP contribution in [-0.2, 0) is 29.9 Å². The van der Waals surface area contributed by atoms with Crippen molar-refractivity contribution in [2.75, 3.05) is 0 Å². The average molecular weight is 320 g/mol. The first-order valence-corrected chi connectivity index (χ1v) is 8.49. The number of carbonyl (C=O) groups is 1. The third-order valence-electron chi connectivity index (χ3n) is 3.69. The number of rotatable bonds is 3. The van der Waals surface area contributed by atoms with E-state index in [1.165, 1.54) is 22.6 Å². The summed E-state index contributed by atoms with van der Waals surface area (Å²) < 4.78 is 26.7. The van der Waals surface area contributed by atoms with Crippen LogP contribution in [0, 0.1) is 0 Å². The highest BCUT2D eigenvalue weighted by Crippen LogP contribution is 2.24. The molecule has 22 heavy (non-hydrogen) atoms. The van der Waals surface area contributed by atoms with Crippen molar-refractivity contribution < 1.29 is 13.2 Å². The molecule has 0 radical (unpaired) electrons. The van der Waals surface area contributed by atoms with Crippen LogP contribution in [-0.4, -0.2) is 29.3 Å². The highest BCUT2D eigenvalue weighted by molar-refractivity contribution is 7.90. The van der Waals surface area contributed by atoms with Crippen molar-refractivity contribution in [3.8, 4) is 0 Å². The van der Waals surface area contributed by atoms with Crippen molar-refractivity contribution >= 4 is 15.9 Å². The number of benzene rings is 1. The van der Waals surface area contributed by atoms with Gasteiger partial charge in [-0.3, -0.25) is 4.79 Å². The molecular formula is C14H16N4O3S. The van der Waals surface area contributed by atoms with E-state index in [1.54, 1.807) is 13.1 Å². The third kappa shape index (κ3) is 2.87. The van der Waals surface area contributed by atoms with Gasteiger partial charge in [0.1, 0.15) is 0 Å². The lowest BCUT2D eigenvalue weighted by Crippen LogP contribution is -2.31. The van der Waals surface area contributed by atoms with Crippen LogP contribution in [0.4, 0.5) is 0 Å². The largest absolute Gasteiger partial charge is 0.287 e. The van der Waals surface area contributed by atoms with Crippen LogP contribution in [0.3, 0.4) is 0 Å². The monoisotopic (exact) mass is 320 g/mol. The van der Waals surface area contributed by atoms with Crippen molar-refractivity contribution in [3.63, 3.8) is 0 Å². The number of aryl methyl sites for hydroxylation is 3. The molecule has 0 aliphatic heterocycles. The van der Waals surface area contributed by atoms with Crippen LogP contribution in [0.2, 0.25) is 0 Å². The SMILES string of the molecule is Cn1ncc(C(=O)NS(=O)(=O)c2ccc3c(c2)CCCC3)n1. The summed E-state index contributed by atoms with van der Waals surface area (Å²) in [7, 11) is -2.36. The van der Waals surface area contributed by atoms with Crippen molar-refractivity contribution in [3.05, 3.63) is 41.2 Å². The fourth-order valence-electron chi connectivity index (χ4n) is 2.56. The Morgan fingerprint density at radius 3 is 2.64 bits per heavy atom. The highest BCUT2D eigenvalue weighted by Gasteiger charge is 2.22. The molecule has 7 nitrogen and oxygen atoms in total. The van der Waals surface area contributed by atoms with Gasteiger partial charge in [0.05, 0.1) is 11.1 Å². The first-order valence-electron chi connectivity index (χ1n) is 7.01. The van der Waals surface area contributed by atoms with Gasteiger partial charge in [0.2, 0.25) is 0 Å². The summed E-state index contributed by atoms with van der Waals surface area (Å²) in [6.45, 7) is 0. The maximum Gasteiger partial charge on any atom is 0.287 e. The third-order valence-corrected chi connectivity index (χ3v) is 5.02. The molecule has 0 fully saturated rings.